The van der Waals surface area contributed by atoms with Gasteiger partial charge in [0.05, 0.1) is 18.9 Å². The van der Waals surface area contributed by atoms with Gasteiger partial charge in [0.2, 0.25) is 5.95 Å². The first-order valence-electron chi connectivity index (χ1n) is 9.69. The highest BCUT2D eigenvalue weighted by Gasteiger charge is 2.28. The van der Waals surface area contributed by atoms with Crippen molar-refractivity contribution in [1.82, 2.24) is 9.97 Å². The summed E-state index contributed by atoms with van der Waals surface area (Å²) in [5.74, 6) is 2.26. The lowest BCUT2D eigenvalue weighted by molar-refractivity contribution is 0.122. The van der Waals surface area contributed by atoms with Crippen molar-refractivity contribution in [3.05, 3.63) is 36.0 Å². The summed E-state index contributed by atoms with van der Waals surface area (Å²) in [4.78, 5) is 11.7. The highest BCUT2D eigenvalue weighted by Crippen LogP contribution is 2.40. The predicted octanol–water partition coefficient (Wildman–Crippen LogP) is 3.51. The highest BCUT2D eigenvalue weighted by atomic mass is 16.5. The average Bonchev–Trinajstić information content (AvgIpc) is 3.57. The van der Waals surface area contributed by atoms with E-state index in [2.05, 4.69) is 50.8 Å². The van der Waals surface area contributed by atoms with Crippen LogP contribution in [-0.2, 0) is 4.74 Å². The molecule has 0 spiro atoms. The molecule has 3 fully saturated rings. The third kappa shape index (κ3) is 3.75. The van der Waals surface area contributed by atoms with E-state index in [-0.39, 0.29) is 0 Å². The summed E-state index contributed by atoms with van der Waals surface area (Å²) in [7, 11) is 0. The van der Waals surface area contributed by atoms with Crippen LogP contribution in [0.4, 0.5) is 23.1 Å². The van der Waals surface area contributed by atoms with Gasteiger partial charge in [-0.1, -0.05) is 0 Å². The van der Waals surface area contributed by atoms with Crippen molar-refractivity contribution in [2.75, 3.05) is 41.8 Å². The molecular weight excluding hydrogens is 326 g/mol. The summed E-state index contributed by atoms with van der Waals surface area (Å²) in [5, 5.41) is 6.89. The molecule has 1 aliphatic heterocycles. The molecule has 2 aromatic rings. The van der Waals surface area contributed by atoms with Gasteiger partial charge in [0.25, 0.3) is 0 Å². The Kier molecular flexibility index (Phi) is 4.13. The number of rotatable bonds is 6. The number of ether oxygens (including phenoxy) is 1. The zero-order valence-corrected chi connectivity index (χ0v) is 14.9. The van der Waals surface area contributed by atoms with E-state index in [4.69, 9.17) is 9.72 Å². The summed E-state index contributed by atoms with van der Waals surface area (Å²) in [6.07, 6.45) is 4.94. The number of aromatic nitrogens is 2. The minimum absolute atomic E-state index is 0.560. The predicted molar refractivity (Wildman–Crippen MR) is 103 cm³/mol. The van der Waals surface area contributed by atoms with E-state index < -0.39 is 0 Å². The van der Waals surface area contributed by atoms with Gasteiger partial charge in [0.1, 0.15) is 5.82 Å². The molecule has 2 aliphatic carbocycles. The van der Waals surface area contributed by atoms with Crippen molar-refractivity contribution in [2.45, 2.75) is 37.6 Å². The van der Waals surface area contributed by atoms with E-state index in [0.717, 1.165) is 49.5 Å². The molecule has 1 saturated heterocycles. The Morgan fingerprint density at radius 3 is 2.42 bits per heavy atom. The first-order valence-corrected chi connectivity index (χ1v) is 9.69. The summed E-state index contributed by atoms with van der Waals surface area (Å²) < 4.78 is 5.43. The first-order chi connectivity index (χ1) is 12.8. The molecule has 0 unspecified atom stereocenters. The number of benzene rings is 1. The molecule has 1 aromatic heterocycles. The summed E-state index contributed by atoms with van der Waals surface area (Å²) >= 11 is 0. The minimum atomic E-state index is 0.560. The van der Waals surface area contributed by atoms with Crippen molar-refractivity contribution in [3.8, 4) is 0 Å². The molecule has 3 aliphatic rings. The largest absolute Gasteiger partial charge is 0.378 e. The van der Waals surface area contributed by atoms with Gasteiger partial charge < -0.3 is 20.3 Å². The topological polar surface area (TPSA) is 62.3 Å². The number of hydrogen-bond donors (Lipinski definition) is 2. The van der Waals surface area contributed by atoms with Crippen LogP contribution in [0.3, 0.4) is 0 Å². The van der Waals surface area contributed by atoms with E-state index in [1.807, 2.05) is 0 Å². The Morgan fingerprint density at radius 1 is 0.962 bits per heavy atom. The lowest BCUT2D eigenvalue weighted by Crippen LogP contribution is -2.36. The third-order valence-electron chi connectivity index (χ3n) is 5.17. The molecule has 2 saturated carbocycles. The Balaban J connectivity index is 1.32. The van der Waals surface area contributed by atoms with E-state index in [9.17, 15) is 0 Å². The maximum atomic E-state index is 5.43. The van der Waals surface area contributed by atoms with Gasteiger partial charge in [-0.15, -0.1) is 0 Å². The molecule has 5 rings (SSSR count). The van der Waals surface area contributed by atoms with Gasteiger partial charge >= 0.3 is 0 Å². The number of morpholine rings is 1. The van der Waals surface area contributed by atoms with Gasteiger partial charge in [-0.2, -0.15) is 4.98 Å². The molecule has 26 heavy (non-hydrogen) atoms. The second-order valence-electron chi connectivity index (χ2n) is 7.47. The zero-order valence-electron chi connectivity index (χ0n) is 14.9. The SMILES string of the molecule is c1cc(N2CCOCC2)ccc1Nc1cc(C2CC2)nc(NC2CC2)n1. The minimum Gasteiger partial charge on any atom is -0.378 e. The van der Waals surface area contributed by atoms with Crippen molar-refractivity contribution in [1.29, 1.82) is 0 Å². The second kappa shape index (κ2) is 6.76. The van der Waals surface area contributed by atoms with E-state index >= 15 is 0 Å². The Hall–Kier alpha value is -2.34. The maximum absolute atomic E-state index is 5.43. The number of anilines is 4. The van der Waals surface area contributed by atoms with Crippen molar-refractivity contribution < 1.29 is 4.74 Å². The Labute approximate surface area is 154 Å². The van der Waals surface area contributed by atoms with Crippen LogP contribution in [0, 0.1) is 0 Å². The van der Waals surface area contributed by atoms with Crippen molar-refractivity contribution >= 4 is 23.1 Å². The highest BCUT2D eigenvalue weighted by molar-refractivity contribution is 5.62. The van der Waals surface area contributed by atoms with Crippen LogP contribution in [0.1, 0.15) is 37.3 Å². The van der Waals surface area contributed by atoms with E-state index in [1.54, 1.807) is 0 Å². The standard InChI is InChI=1S/C20H25N5O/c1-2-14(1)18-13-19(24-20(23-18)22-16-3-4-16)21-15-5-7-17(8-6-15)25-9-11-26-12-10-25/h5-8,13-14,16H,1-4,9-12H2,(H2,21,22,23,24). The Bertz CT molecular complexity index is 764. The summed E-state index contributed by atoms with van der Waals surface area (Å²) in [6.45, 7) is 3.53. The first kappa shape index (κ1) is 15.9. The fraction of sp³-hybridized carbons (Fsp3) is 0.500. The van der Waals surface area contributed by atoms with Gasteiger partial charge in [-0.3, -0.25) is 0 Å². The van der Waals surface area contributed by atoms with Crippen molar-refractivity contribution in [3.63, 3.8) is 0 Å². The Morgan fingerprint density at radius 2 is 1.73 bits per heavy atom. The molecule has 2 N–H and O–H groups in total. The summed E-state index contributed by atoms with van der Waals surface area (Å²) in [6, 6.07) is 11.2. The lowest BCUT2D eigenvalue weighted by Gasteiger charge is -2.28. The molecular formula is C20H25N5O. The number of hydrogen-bond acceptors (Lipinski definition) is 6. The van der Waals surface area contributed by atoms with E-state index in [1.165, 1.54) is 31.4 Å². The fourth-order valence-electron chi connectivity index (χ4n) is 3.32. The molecule has 6 heteroatoms. The number of nitrogens with one attached hydrogen (secondary N) is 2. The van der Waals surface area contributed by atoms with Gasteiger partial charge in [0.15, 0.2) is 0 Å². The van der Waals surface area contributed by atoms with Crippen LogP contribution < -0.4 is 15.5 Å². The molecule has 1 aromatic carbocycles. The second-order valence-corrected chi connectivity index (χ2v) is 7.47. The molecule has 136 valence electrons. The van der Waals surface area contributed by atoms with Crippen molar-refractivity contribution in [2.24, 2.45) is 0 Å². The molecule has 0 radical (unpaired) electrons. The number of nitrogens with zero attached hydrogens (tertiary/aromatic N) is 3. The molecule has 0 atom stereocenters. The van der Waals surface area contributed by atoms with Crippen LogP contribution >= 0.6 is 0 Å². The average molecular weight is 351 g/mol. The molecule has 2 heterocycles. The quantitative estimate of drug-likeness (QED) is 0.830. The van der Waals surface area contributed by atoms with Gasteiger partial charge in [0, 0.05) is 42.5 Å². The molecule has 0 amide bonds. The maximum Gasteiger partial charge on any atom is 0.225 e. The van der Waals surface area contributed by atoms with Crippen LogP contribution in [0.2, 0.25) is 0 Å². The van der Waals surface area contributed by atoms with Crippen LogP contribution in [0.5, 0.6) is 0 Å². The fourth-order valence-corrected chi connectivity index (χ4v) is 3.32. The molecule has 0 bridgehead atoms. The van der Waals surface area contributed by atoms with Gasteiger partial charge in [-0.05, 0) is 49.9 Å². The molecule has 6 nitrogen and oxygen atoms in total. The van der Waals surface area contributed by atoms with Crippen LogP contribution in [-0.4, -0.2) is 42.3 Å². The van der Waals surface area contributed by atoms with Crippen LogP contribution in [0.25, 0.3) is 0 Å². The van der Waals surface area contributed by atoms with E-state index in [0.29, 0.717) is 12.0 Å². The monoisotopic (exact) mass is 351 g/mol. The summed E-state index contributed by atoms with van der Waals surface area (Å²) in [5.41, 5.74) is 3.46. The third-order valence-corrected chi connectivity index (χ3v) is 5.17. The smallest absolute Gasteiger partial charge is 0.225 e. The van der Waals surface area contributed by atoms with Gasteiger partial charge in [-0.25, -0.2) is 4.98 Å². The zero-order chi connectivity index (χ0) is 17.3. The normalized spacial score (nSPS) is 20.1. The van der Waals surface area contributed by atoms with Crippen LogP contribution in [0.15, 0.2) is 30.3 Å². The lowest BCUT2D eigenvalue weighted by atomic mass is 10.2.